The smallest absolute Gasteiger partial charge is 0.462 e. The van der Waals surface area contributed by atoms with Crippen molar-refractivity contribution >= 4 is 27.1 Å². The summed E-state index contributed by atoms with van der Waals surface area (Å²) in [5, 5.41) is 4.47. The zero-order valence-electron chi connectivity index (χ0n) is 15.1. The van der Waals surface area contributed by atoms with Crippen molar-refractivity contribution in [2.45, 2.75) is 19.4 Å². The standard InChI is InChI=1S/C17H14F3N3O5S/c1-3-27-16(24)12-9-13(28-29(25,26)17(18,19)20)21-15-14(12)10(2)22-23(15)11-7-5-4-6-8-11/h4-9H,3H2,1-2H3. The summed E-state index contributed by atoms with van der Waals surface area (Å²) in [6.45, 7) is 3.10. The zero-order chi connectivity index (χ0) is 21.4. The van der Waals surface area contributed by atoms with Crippen LogP contribution in [0.2, 0.25) is 0 Å². The number of halogens is 3. The number of hydrogen-bond acceptors (Lipinski definition) is 7. The number of aromatic nitrogens is 3. The number of rotatable bonds is 5. The van der Waals surface area contributed by atoms with E-state index >= 15 is 0 Å². The average Bonchev–Trinajstić information content (AvgIpc) is 2.97. The van der Waals surface area contributed by atoms with Gasteiger partial charge < -0.3 is 8.92 Å². The first-order valence-electron chi connectivity index (χ1n) is 8.19. The zero-order valence-corrected chi connectivity index (χ0v) is 15.9. The highest BCUT2D eigenvalue weighted by atomic mass is 32.2. The second-order valence-corrected chi connectivity index (χ2v) is 7.28. The van der Waals surface area contributed by atoms with Crippen LogP contribution in [0.15, 0.2) is 36.4 Å². The van der Waals surface area contributed by atoms with Crippen LogP contribution in [0.25, 0.3) is 16.7 Å². The number of esters is 1. The summed E-state index contributed by atoms with van der Waals surface area (Å²) in [5.41, 5.74) is -5.12. The Morgan fingerprint density at radius 1 is 1.21 bits per heavy atom. The molecule has 0 unspecified atom stereocenters. The minimum Gasteiger partial charge on any atom is -0.462 e. The molecule has 2 aromatic heterocycles. The maximum atomic E-state index is 12.7. The van der Waals surface area contributed by atoms with Crippen molar-refractivity contribution in [1.29, 1.82) is 0 Å². The summed E-state index contributed by atoms with van der Waals surface area (Å²) in [4.78, 5) is 16.2. The summed E-state index contributed by atoms with van der Waals surface area (Å²) in [6.07, 6.45) is 0. The molecule has 0 bridgehead atoms. The second-order valence-electron chi connectivity index (χ2n) is 5.74. The first-order chi connectivity index (χ1) is 13.5. The van der Waals surface area contributed by atoms with Gasteiger partial charge in [-0.25, -0.2) is 9.48 Å². The van der Waals surface area contributed by atoms with Crippen LogP contribution in [0.5, 0.6) is 5.88 Å². The van der Waals surface area contributed by atoms with Gasteiger partial charge in [0.2, 0.25) is 5.88 Å². The average molecular weight is 429 g/mol. The maximum absolute atomic E-state index is 12.7. The van der Waals surface area contributed by atoms with E-state index in [0.29, 0.717) is 11.4 Å². The molecule has 0 fully saturated rings. The van der Waals surface area contributed by atoms with Gasteiger partial charge in [0.15, 0.2) is 5.65 Å². The highest BCUT2D eigenvalue weighted by Gasteiger charge is 2.49. The number of hydrogen-bond donors (Lipinski definition) is 0. The van der Waals surface area contributed by atoms with Gasteiger partial charge in [0.25, 0.3) is 0 Å². The SMILES string of the molecule is CCOC(=O)c1cc(OS(=O)(=O)C(F)(F)F)nc2c1c(C)nn2-c1ccccc1. The number of carbonyl (C=O) groups excluding carboxylic acids is 1. The van der Waals surface area contributed by atoms with E-state index < -0.39 is 27.5 Å². The minimum atomic E-state index is -5.99. The monoisotopic (exact) mass is 429 g/mol. The lowest BCUT2D eigenvalue weighted by molar-refractivity contribution is -0.0501. The van der Waals surface area contributed by atoms with E-state index in [2.05, 4.69) is 14.3 Å². The molecule has 154 valence electrons. The fourth-order valence-electron chi connectivity index (χ4n) is 2.59. The van der Waals surface area contributed by atoms with Crippen LogP contribution in [0, 0.1) is 6.92 Å². The number of benzene rings is 1. The number of nitrogens with zero attached hydrogens (tertiary/aromatic N) is 3. The van der Waals surface area contributed by atoms with E-state index in [1.54, 1.807) is 44.2 Å². The topological polar surface area (TPSA) is 100 Å². The molecule has 0 amide bonds. The fraction of sp³-hybridized carbons (Fsp3) is 0.235. The third-order valence-corrected chi connectivity index (χ3v) is 4.72. The lowest BCUT2D eigenvalue weighted by Gasteiger charge is -2.11. The molecule has 0 saturated carbocycles. The maximum Gasteiger partial charge on any atom is 0.534 e. The van der Waals surface area contributed by atoms with Crippen LogP contribution >= 0.6 is 0 Å². The largest absolute Gasteiger partial charge is 0.534 e. The van der Waals surface area contributed by atoms with E-state index in [4.69, 9.17) is 4.74 Å². The Hall–Kier alpha value is -3.15. The Bertz CT molecular complexity index is 1170. The summed E-state index contributed by atoms with van der Waals surface area (Å²) in [6, 6.07) is 9.21. The predicted octanol–water partition coefficient (Wildman–Crippen LogP) is 3.13. The van der Waals surface area contributed by atoms with Gasteiger partial charge in [-0.05, 0) is 26.0 Å². The molecule has 0 radical (unpaired) electrons. The molecule has 0 aliphatic heterocycles. The molecule has 0 N–H and O–H groups in total. The van der Waals surface area contributed by atoms with Gasteiger partial charge in [0, 0.05) is 6.07 Å². The Morgan fingerprint density at radius 3 is 2.45 bits per heavy atom. The molecule has 8 nitrogen and oxygen atoms in total. The van der Waals surface area contributed by atoms with Gasteiger partial charge in [-0.1, -0.05) is 18.2 Å². The Kier molecular flexibility index (Phi) is 5.22. The first kappa shape index (κ1) is 20.6. The van der Waals surface area contributed by atoms with Crippen molar-refractivity contribution in [3.8, 4) is 11.6 Å². The number of carbonyl (C=O) groups is 1. The van der Waals surface area contributed by atoms with Crippen LogP contribution in [-0.2, 0) is 14.9 Å². The van der Waals surface area contributed by atoms with Gasteiger partial charge in [-0.2, -0.15) is 31.7 Å². The molecule has 0 spiro atoms. The third kappa shape index (κ3) is 3.88. The number of aryl methyl sites for hydroxylation is 1. The van der Waals surface area contributed by atoms with Crippen molar-refractivity contribution < 1.29 is 35.3 Å². The molecule has 29 heavy (non-hydrogen) atoms. The van der Waals surface area contributed by atoms with Crippen LogP contribution in [-0.4, -0.2) is 41.3 Å². The summed E-state index contributed by atoms with van der Waals surface area (Å²) >= 11 is 0. The lowest BCUT2D eigenvalue weighted by atomic mass is 10.1. The van der Waals surface area contributed by atoms with E-state index in [9.17, 15) is 26.4 Å². The number of alkyl halides is 3. The summed E-state index contributed by atoms with van der Waals surface area (Å²) in [5.74, 6) is -1.82. The molecule has 0 atom stereocenters. The third-order valence-electron chi connectivity index (χ3n) is 3.76. The molecule has 0 saturated heterocycles. The van der Waals surface area contributed by atoms with E-state index in [0.717, 1.165) is 6.07 Å². The fourth-order valence-corrected chi connectivity index (χ4v) is 2.99. The Labute approximate surface area is 163 Å². The molecular formula is C17H14F3N3O5S. The first-order valence-corrected chi connectivity index (χ1v) is 9.59. The van der Waals surface area contributed by atoms with Gasteiger partial charge in [-0.15, -0.1) is 0 Å². The van der Waals surface area contributed by atoms with Crippen molar-refractivity contribution in [2.24, 2.45) is 0 Å². The van der Waals surface area contributed by atoms with Crippen LogP contribution in [0.4, 0.5) is 13.2 Å². The van der Waals surface area contributed by atoms with Crippen molar-refractivity contribution in [3.63, 3.8) is 0 Å². The molecule has 0 aliphatic rings. The second kappa shape index (κ2) is 7.35. The van der Waals surface area contributed by atoms with Gasteiger partial charge in [0.05, 0.1) is 28.9 Å². The quantitative estimate of drug-likeness (QED) is 0.349. The molecule has 0 aliphatic carbocycles. The highest BCUT2D eigenvalue weighted by Crippen LogP contribution is 2.31. The minimum absolute atomic E-state index is 0.00837. The van der Waals surface area contributed by atoms with Crippen molar-refractivity contribution in [2.75, 3.05) is 6.61 Å². The Morgan fingerprint density at radius 2 is 1.86 bits per heavy atom. The van der Waals surface area contributed by atoms with Crippen molar-refractivity contribution in [3.05, 3.63) is 47.7 Å². The molecule has 2 heterocycles. The number of pyridine rings is 1. The molecule has 1 aromatic carbocycles. The highest BCUT2D eigenvalue weighted by molar-refractivity contribution is 7.87. The van der Waals surface area contributed by atoms with E-state index in [-0.39, 0.29) is 23.2 Å². The lowest BCUT2D eigenvalue weighted by Crippen LogP contribution is -2.28. The number of fused-ring (bicyclic) bond motifs is 1. The molecular weight excluding hydrogens is 415 g/mol. The van der Waals surface area contributed by atoms with E-state index in [1.807, 2.05) is 0 Å². The molecule has 3 aromatic rings. The Balaban J connectivity index is 2.28. The van der Waals surface area contributed by atoms with Crippen LogP contribution in [0.1, 0.15) is 23.0 Å². The molecule has 12 heteroatoms. The van der Waals surface area contributed by atoms with Gasteiger partial charge in [0.1, 0.15) is 0 Å². The van der Waals surface area contributed by atoms with Crippen LogP contribution in [0.3, 0.4) is 0 Å². The normalized spacial score (nSPS) is 12.2. The van der Waals surface area contributed by atoms with Gasteiger partial charge >= 0.3 is 21.6 Å². The summed E-state index contributed by atoms with van der Waals surface area (Å²) in [7, 11) is -5.99. The summed E-state index contributed by atoms with van der Waals surface area (Å²) < 4.78 is 71.3. The molecule has 3 rings (SSSR count). The van der Waals surface area contributed by atoms with Gasteiger partial charge in [-0.3, -0.25) is 0 Å². The van der Waals surface area contributed by atoms with E-state index in [1.165, 1.54) is 4.68 Å². The number of ether oxygens (including phenoxy) is 1. The van der Waals surface area contributed by atoms with Crippen LogP contribution < -0.4 is 4.18 Å². The predicted molar refractivity (Wildman–Crippen MR) is 95.2 cm³/mol. The van der Waals surface area contributed by atoms with Crippen molar-refractivity contribution in [1.82, 2.24) is 14.8 Å². The number of para-hydroxylation sites is 1.